The molecule has 0 aliphatic carbocycles. The molecule has 3 aliphatic rings. The third-order valence-corrected chi connectivity index (χ3v) is 8.48. The van der Waals surface area contributed by atoms with E-state index in [-0.39, 0.29) is 78.5 Å². The first-order valence-corrected chi connectivity index (χ1v) is 13.5. The van der Waals surface area contributed by atoms with Crippen molar-refractivity contribution in [3.63, 3.8) is 0 Å². The maximum absolute atomic E-state index is 15.0. The number of anilines is 1. The van der Waals surface area contributed by atoms with Gasteiger partial charge in [0.15, 0.2) is 5.75 Å². The van der Waals surface area contributed by atoms with Crippen molar-refractivity contribution in [1.82, 2.24) is 19.7 Å². The molecule has 8 nitrogen and oxygen atoms in total. The van der Waals surface area contributed by atoms with Crippen molar-refractivity contribution < 1.29 is 31.9 Å². The summed E-state index contributed by atoms with van der Waals surface area (Å²) >= 11 is 6.78. The van der Waals surface area contributed by atoms with Crippen molar-refractivity contribution >= 4 is 29.2 Å². The molecule has 1 aromatic carbocycles. The lowest BCUT2D eigenvalue weighted by molar-refractivity contribution is -0.247. The van der Waals surface area contributed by atoms with Crippen LogP contribution in [0.2, 0.25) is 5.02 Å². The van der Waals surface area contributed by atoms with Crippen LogP contribution in [0.5, 0.6) is 5.75 Å². The molecular formula is C28H30ClF4N5O3. The first-order valence-electron chi connectivity index (χ1n) is 13.2. The first-order chi connectivity index (χ1) is 19.2. The molecule has 1 aromatic heterocycles. The number of likely N-dealkylation sites (N-methyl/N-ethyl adjacent to an activating group) is 1. The number of hydrogen-bond donors (Lipinski definition) is 0. The Morgan fingerprint density at radius 1 is 1.24 bits per heavy atom. The van der Waals surface area contributed by atoms with Crippen LogP contribution in [0.15, 0.2) is 36.9 Å². The summed E-state index contributed by atoms with van der Waals surface area (Å²) in [5, 5.41) is -0.0815. The topological polar surface area (TPSA) is 69.2 Å². The predicted molar refractivity (Wildman–Crippen MR) is 145 cm³/mol. The number of nitrogens with zero attached hydrogens (tertiary/aromatic N) is 5. The lowest BCUT2D eigenvalue weighted by Crippen LogP contribution is -2.57. The minimum absolute atomic E-state index is 0.00414. The highest BCUT2D eigenvalue weighted by Crippen LogP contribution is 2.47. The van der Waals surface area contributed by atoms with Crippen LogP contribution in [0.25, 0.3) is 11.3 Å². The molecule has 220 valence electrons. The maximum Gasteiger partial charge on any atom is 0.459 e. The quantitative estimate of drug-likeness (QED) is 0.293. The number of pyridine rings is 1. The van der Waals surface area contributed by atoms with E-state index < -0.39 is 35.6 Å². The van der Waals surface area contributed by atoms with Crippen molar-refractivity contribution in [2.75, 3.05) is 44.7 Å². The van der Waals surface area contributed by atoms with Crippen molar-refractivity contribution in [1.29, 1.82) is 0 Å². The van der Waals surface area contributed by atoms with Gasteiger partial charge in [-0.1, -0.05) is 30.3 Å². The minimum atomic E-state index is -4.56. The minimum Gasteiger partial charge on any atom is -0.489 e. The highest BCUT2D eigenvalue weighted by atomic mass is 35.5. The standard InChI is InChI=1S/C28H30ClF4N5O3/c1-5-20(39)36-10-11-37-17(13-36)15-41-24-21(26(37)40)25(34-23(22(24)29)18-8-6-7-9-19(18)30)38-14-16(12-27(38,2)3)35(4)28(31,32)33/h5-9,16-17H,1,10-15H2,2-4H3/t16-,17-/m1/s1. The molecule has 2 amide bonds. The highest BCUT2D eigenvalue weighted by molar-refractivity contribution is 6.35. The summed E-state index contributed by atoms with van der Waals surface area (Å²) in [6, 6.07) is 4.38. The van der Waals surface area contributed by atoms with E-state index in [0.29, 0.717) is 4.90 Å². The second-order valence-corrected chi connectivity index (χ2v) is 11.5. The zero-order valence-electron chi connectivity index (χ0n) is 22.8. The van der Waals surface area contributed by atoms with Crippen LogP contribution >= 0.6 is 11.6 Å². The Labute approximate surface area is 240 Å². The van der Waals surface area contributed by atoms with Crippen LogP contribution in [0.3, 0.4) is 0 Å². The Hall–Kier alpha value is -3.38. The molecule has 2 atom stereocenters. The Kier molecular flexibility index (Phi) is 7.44. The fourth-order valence-electron chi connectivity index (χ4n) is 5.85. The zero-order valence-corrected chi connectivity index (χ0v) is 23.6. The number of alkyl halides is 3. The number of fused-ring (bicyclic) bond motifs is 2. The summed E-state index contributed by atoms with van der Waals surface area (Å²) < 4.78 is 62.1. The number of benzene rings is 1. The molecule has 3 aliphatic heterocycles. The molecule has 0 spiro atoms. The Balaban J connectivity index is 1.66. The maximum atomic E-state index is 15.0. The van der Waals surface area contributed by atoms with E-state index in [1.165, 1.54) is 24.3 Å². The van der Waals surface area contributed by atoms with Crippen molar-refractivity contribution in [2.45, 2.75) is 44.2 Å². The van der Waals surface area contributed by atoms with E-state index in [9.17, 15) is 27.2 Å². The van der Waals surface area contributed by atoms with Gasteiger partial charge in [0.1, 0.15) is 28.8 Å². The molecule has 41 heavy (non-hydrogen) atoms. The molecule has 0 bridgehead atoms. The van der Waals surface area contributed by atoms with Gasteiger partial charge in [-0.3, -0.25) is 9.59 Å². The molecule has 0 radical (unpaired) electrons. The van der Waals surface area contributed by atoms with Gasteiger partial charge in [-0.05, 0) is 45.5 Å². The Bertz CT molecular complexity index is 1400. The van der Waals surface area contributed by atoms with Crippen LogP contribution in [0.4, 0.5) is 23.4 Å². The van der Waals surface area contributed by atoms with Gasteiger partial charge in [0.05, 0.1) is 11.7 Å². The second kappa shape index (κ2) is 10.5. The molecule has 0 unspecified atom stereocenters. The van der Waals surface area contributed by atoms with E-state index in [2.05, 4.69) is 11.6 Å². The van der Waals surface area contributed by atoms with Crippen LogP contribution in [-0.2, 0) is 4.79 Å². The van der Waals surface area contributed by atoms with E-state index >= 15 is 0 Å². The van der Waals surface area contributed by atoms with Gasteiger partial charge in [-0.25, -0.2) is 14.3 Å². The van der Waals surface area contributed by atoms with Crippen LogP contribution < -0.4 is 9.64 Å². The molecule has 2 fully saturated rings. The molecule has 2 saturated heterocycles. The van der Waals surface area contributed by atoms with Crippen LogP contribution in [-0.4, -0.2) is 95.3 Å². The zero-order chi connectivity index (χ0) is 29.9. The summed E-state index contributed by atoms with van der Waals surface area (Å²) in [6.45, 7) is 7.61. The number of hydrogen-bond acceptors (Lipinski definition) is 6. The molecule has 5 rings (SSSR count). The van der Waals surface area contributed by atoms with E-state index in [4.69, 9.17) is 16.3 Å². The van der Waals surface area contributed by atoms with Gasteiger partial charge in [0.2, 0.25) is 5.91 Å². The first kappa shape index (κ1) is 29.1. The van der Waals surface area contributed by atoms with E-state index in [1.54, 1.807) is 34.6 Å². The lowest BCUT2D eigenvalue weighted by atomic mass is 9.99. The number of ether oxygens (including phenoxy) is 1. The molecule has 0 N–H and O–H groups in total. The molecule has 2 aromatic rings. The number of carbonyl (C=O) groups excluding carboxylic acids is 2. The van der Waals surface area contributed by atoms with Crippen LogP contribution in [0.1, 0.15) is 30.6 Å². The van der Waals surface area contributed by atoms with Gasteiger partial charge in [0.25, 0.3) is 5.91 Å². The Morgan fingerprint density at radius 2 is 1.95 bits per heavy atom. The molecule has 0 saturated carbocycles. The summed E-state index contributed by atoms with van der Waals surface area (Å²) in [6.07, 6.45) is -3.24. The average Bonchev–Trinajstić information content (AvgIpc) is 3.16. The van der Waals surface area contributed by atoms with E-state index in [1.807, 2.05) is 0 Å². The third kappa shape index (κ3) is 5.12. The highest BCUT2D eigenvalue weighted by Gasteiger charge is 2.50. The third-order valence-electron chi connectivity index (χ3n) is 8.13. The number of rotatable bonds is 4. The monoisotopic (exact) mass is 595 g/mol. The summed E-state index contributed by atoms with van der Waals surface area (Å²) in [4.78, 5) is 36.3. The van der Waals surface area contributed by atoms with Gasteiger partial charge in [0, 0.05) is 43.3 Å². The van der Waals surface area contributed by atoms with Crippen molar-refractivity contribution in [3.8, 4) is 17.0 Å². The predicted octanol–water partition coefficient (Wildman–Crippen LogP) is 4.58. The normalized spacial score (nSPS) is 22.3. The molecule has 13 heteroatoms. The summed E-state index contributed by atoms with van der Waals surface area (Å²) in [5.41, 5.74) is -0.794. The molecule has 4 heterocycles. The number of piperazine rings is 1. The number of halogens is 5. The average molecular weight is 596 g/mol. The SMILES string of the molecule is C=CC(=O)N1CCN2C(=O)c3c(N4C[C@H](N(C)C(F)(F)F)CC4(C)C)nc(-c4ccccc4F)c(Cl)c3OC[C@H]2C1. The van der Waals surface area contributed by atoms with Gasteiger partial charge in [-0.15, -0.1) is 0 Å². The smallest absolute Gasteiger partial charge is 0.459 e. The number of aromatic nitrogens is 1. The van der Waals surface area contributed by atoms with Gasteiger partial charge < -0.3 is 19.4 Å². The summed E-state index contributed by atoms with van der Waals surface area (Å²) in [5.74, 6) is -1.31. The van der Waals surface area contributed by atoms with Gasteiger partial charge in [-0.2, -0.15) is 13.2 Å². The van der Waals surface area contributed by atoms with E-state index in [0.717, 1.165) is 7.05 Å². The summed E-state index contributed by atoms with van der Waals surface area (Å²) in [7, 11) is 0.994. The lowest BCUT2D eigenvalue weighted by Gasteiger charge is -2.40. The van der Waals surface area contributed by atoms with Crippen molar-refractivity contribution in [3.05, 3.63) is 53.3 Å². The second-order valence-electron chi connectivity index (χ2n) is 11.1. The fourth-order valence-corrected chi connectivity index (χ4v) is 6.14. The van der Waals surface area contributed by atoms with Crippen molar-refractivity contribution in [2.24, 2.45) is 0 Å². The Morgan fingerprint density at radius 3 is 2.61 bits per heavy atom. The fraction of sp³-hybridized carbons (Fsp3) is 0.464. The number of carbonyl (C=O) groups is 2. The van der Waals surface area contributed by atoms with Crippen LogP contribution in [0, 0.1) is 5.82 Å². The largest absolute Gasteiger partial charge is 0.489 e. The number of amides is 2. The molecular weight excluding hydrogens is 566 g/mol. The van der Waals surface area contributed by atoms with Gasteiger partial charge >= 0.3 is 6.30 Å².